The van der Waals surface area contributed by atoms with Crippen molar-refractivity contribution in [2.45, 2.75) is 38.5 Å². The van der Waals surface area contributed by atoms with Gasteiger partial charge in [0, 0.05) is 0 Å². The minimum absolute atomic E-state index is 0.680. The molecule has 6 N–H and O–H groups in total. The van der Waals surface area contributed by atoms with Gasteiger partial charge in [0.15, 0.2) is 0 Å². The third kappa shape index (κ3) is 8.55. The van der Waals surface area contributed by atoms with Crippen LogP contribution in [-0.4, -0.2) is 23.5 Å². The molecule has 0 fully saturated rings. The number of hydrazone groups is 2. The first-order valence-corrected chi connectivity index (χ1v) is 9.91. The van der Waals surface area contributed by atoms with Crippen LogP contribution < -0.4 is 22.3 Å². The number of unbranched alkanes of at least 4 members (excludes halogenated alkanes) is 3. The van der Waals surface area contributed by atoms with Gasteiger partial charge in [-0.25, -0.2) is 20.4 Å². The Hall–Kier alpha value is -3.68. The summed E-state index contributed by atoms with van der Waals surface area (Å²) < 4.78 is 0. The molecule has 2 rings (SSSR count). The lowest BCUT2D eigenvalue weighted by molar-refractivity contribution is 0.248. The molecular formula is C22H28N6O2. The highest BCUT2D eigenvalue weighted by atomic mass is 16.2. The van der Waals surface area contributed by atoms with Crippen molar-refractivity contribution in [1.82, 2.24) is 10.9 Å². The summed E-state index contributed by atoms with van der Waals surface area (Å²) in [5.41, 5.74) is 18.4. The Morgan fingerprint density at radius 1 is 0.633 bits per heavy atom. The molecule has 0 radical (unpaired) electrons. The minimum atomic E-state index is -0.680. The largest absolute Gasteiger partial charge is 0.350 e. The maximum Gasteiger partial charge on any atom is 0.332 e. The van der Waals surface area contributed by atoms with Crippen molar-refractivity contribution < 1.29 is 9.59 Å². The van der Waals surface area contributed by atoms with Gasteiger partial charge in [-0.3, -0.25) is 0 Å². The molecule has 0 aliphatic carbocycles. The number of nitrogens with one attached hydrogen (secondary N) is 2. The van der Waals surface area contributed by atoms with Crippen molar-refractivity contribution in [2.24, 2.45) is 21.7 Å². The summed E-state index contributed by atoms with van der Waals surface area (Å²) >= 11 is 0. The van der Waals surface area contributed by atoms with Crippen LogP contribution >= 0.6 is 0 Å². The van der Waals surface area contributed by atoms with Crippen molar-refractivity contribution in [3.05, 3.63) is 71.8 Å². The molecule has 158 valence electrons. The van der Waals surface area contributed by atoms with Crippen molar-refractivity contribution >= 4 is 23.5 Å². The summed E-state index contributed by atoms with van der Waals surface area (Å²) in [6.45, 7) is 0. The molecule has 0 saturated heterocycles. The number of benzene rings is 2. The molecule has 0 spiro atoms. The molecule has 4 amide bonds. The Kier molecular flexibility index (Phi) is 9.58. The number of carbonyl (C=O) groups is 2. The molecule has 2 aromatic carbocycles. The van der Waals surface area contributed by atoms with Crippen LogP contribution in [0.4, 0.5) is 9.59 Å². The second kappa shape index (κ2) is 12.7. The highest BCUT2D eigenvalue weighted by Crippen LogP contribution is 2.13. The van der Waals surface area contributed by atoms with Gasteiger partial charge >= 0.3 is 12.1 Å². The van der Waals surface area contributed by atoms with E-state index in [0.29, 0.717) is 0 Å². The zero-order valence-electron chi connectivity index (χ0n) is 16.9. The molecule has 8 nitrogen and oxygen atoms in total. The Labute approximate surface area is 176 Å². The van der Waals surface area contributed by atoms with E-state index < -0.39 is 12.1 Å². The highest BCUT2D eigenvalue weighted by Gasteiger charge is 2.06. The molecule has 0 atom stereocenters. The van der Waals surface area contributed by atoms with Crippen molar-refractivity contribution in [3.8, 4) is 0 Å². The first kappa shape index (κ1) is 22.6. The van der Waals surface area contributed by atoms with Gasteiger partial charge in [0.25, 0.3) is 0 Å². The molecule has 0 aromatic heterocycles. The number of amides is 4. The maximum absolute atomic E-state index is 11.0. The SMILES string of the molecule is NC(=O)NN=C(CCCCCCC(=NNC(N)=O)c1ccccc1)c1ccccc1. The Balaban J connectivity index is 1.83. The van der Waals surface area contributed by atoms with Gasteiger partial charge < -0.3 is 11.5 Å². The third-order valence-electron chi connectivity index (χ3n) is 4.39. The molecule has 0 aliphatic heterocycles. The quantitative estimate of drug-likeness (QED) is 0.257. The average molecular weight is 409 g/mol. The third-order valence-corrected chi connectivity index (χ3v) is 4.39. The van der Waals surface area contributed by atoms with Crippen LogP contribution in [0, 0.1) is 0 Å². The van der Waals surface area contributed by atoms with Gasteiger partial charge in [-0.2, -0.15) is 10.2 Å². The average Bonchev–Trinajstić information content (AvgIpc) is 2.75. The molecule has 0 saturated carbocycles. The van der Waals surface area contributed by atoms with E-state index in [4.69, 9.17) is 11.5 Å². The fraction of sp³-hybridized carbons (Fsp3) is 0.273. The molecule has 30 heavy (non-hydrogen) atoms. The molecule has 0 unspecified atom stereocenters. The summed E-state index contributed by atoms with van der Waals surface area (Å²) in [7, 11) is 0. The van der Waals surface area contributed by atoms with E-state index in [-0.39, 0.29) is 0 Å². The second-order valence-corrected chi connectivity index (χ2v) is 6.72. The second-order valence-electron chi connectivity index (χ2n) is 6.72. The van der Waals surface area contributed by atoms with E-state index in [2.05, 4.69) is 21.1 Å². The number of nitrogens with zero attached hydrogens (tertiary/aromatic N) is 2. The van der Waals surface area contributed by atoms with Crippen LogP contribution in [-0.2, 0) is 0 Å². The lowest BCUT2D eigenvalue weighted by atomic mass is 10.0. The fourth-order valence-electron chi connectivity index (χ4n) is 2.97. The van der Waals surface area contributed by atoms with E-state index in [0.717, 1.165) is 61.1 Å². The van der Waals surface area contributed by atoms with Crippen LogP contribution in [0.1, 0.15) is 49.7 Å². The zero-order valence-corrected chi connectivity index (χ0v) is 16.9. The number of nitrogens with two attached hydrogens (primary N) is 2. The van der Waals surface area contributed by atoms with Crippen LogP contribution in [0.25, 0.3) is 0 Å². The molecule has 0 bridgehead atoms. The zero-order chi connectivity index (χ0) is 21.6. The molecule has 0 aliphatic rings. The van der Waals surface area contributed by atoms with Crippen LogP contribution in [0.15, 0.2) is 70.9 Å². The lowest BCUT2D eigenvalue weighted by Gasteiger charge is -2.08. The first-order chi connectivity index (χ1) is 14.6. The summed E-state index contributed by atoms with van der Waals surface area (Å²) in [5.74, 6) is 0. The molecule has 0 heterocycles. The van der Waals surface area contributed by atoms with Crippen molar-refractivity contribution in [2.75, 3.05) is 0 Å². The number of rotatable bonds is 11. The number of hydrogen-bond acceptors (Lipinski definition) is 4. The normalized spacial score (nSPS) is 11.7. The van der Waals surface area contributed by atoms with E-state index in [1.165, 1.54) is 0 Å². The van der Waals surface area contributed by atoms with Gasteiger partial charge in [0.1, 0.15) is 0 Å². The van der Waals surface area contributed by atoms with Crippen molar-refractivity contribution in [1.29, 1.82) is 0 Å². The predicted octanol–water partition coefficient (Wildman–Crippen LogP) is 3.47. The molecular weight excluding hydrogens is 380 g/mol. The number of carbonyl (C=O) groups excluding carboxylic acids is 2. The van der Waals surface area contributed by atoms with Gasteiger partial charge in [-0.15, -0.1) is 0 Å². The number of hydrogen-bond donors (Lipinski definition) is 4. The van der Waals surface area contributed by atoms with Gasteiger partial charge in [0.2, 0.25) is 0 Å². The predicted molar refractivity (Wildman–Crippen MR) is 119 cm³/mol. The van der Waals surface area contributed by atoms with Gasteiger partial charge in [-0.1, -0.05) is 73.5 Å². The number of primary amides is 2. The summed E-state index contributed by atoms with van der Waals surface area (Å²) in [6, 6.07) is 18.0. The Bertz CT molecular complexity index is 792. The summed E-state index contributed by atoms with van der Waals surface area (Å²) in [4.78, 5) is 22.0. The lowest BCUT2D eigenvalue weighted by Crippen LogP contribution is -2.26. The maximum atomic E-state index is 11.0. The Morgan fingerprint density at radius 2 is 1.00 bits per heavy atom. The van der Waals surface area contributed by atoms with E-state index >= 15 is 0 Å². The summed E-state index contributed by atoms with van der Waals surface area (Å²) in [5, 5.41) is 8.28. The van der Waals surface area contributed by atoms with Crippen molar-refractivity contribution in [3.63, 3.8) is 0 Å². The standard InChI is InChI=1S/C22H28N6O2/c23-21(29)27-25-19(17-11-5-3-6-12-17)15-9-1-2-10-16-20(26-28-22(24)30)18-13-7-4-8-14-18/h3-8,11-14H,1-2,9-10,15-16H2,(H3,23,27,29)(H3,24,28,30). The fourth-order valence-corrected chi connectivity index (χ4v) is 2.97. The smallest absolute Gasteiger partial charge is 0.332 e. The van der Waals surface area contributed by atoms with E-state index in [9.17, 15) is 9.59 Å². The Morgan fingerprint density at radius 3 is 1.33 bits per heavy atom. The molecule has 8 heteroatoms. The van der Waals surface area contributed by atoms with Crippen LogP contribution in [0.5, 0.6) is 0 Å². The van der Waals surface area contributed by atoms with Gasteiger partial charge in [-0.05, 0) is 36.8 Å². The summed E-state index contributed by atoms with van der Waals surface area (Å²) in [6.07, 6.45) is 5.29. The molecule has 2 aromatic rings. The monoisotopic (exact) mass is 408 g/mol. The first-order valence-electron chi connectivity index (χ1n) is 9.91. The van der Waals surface area contributed by atoms with E-state index in [1.54, 1.807) is 0 Å². The highest BCUT2D eigenvalue weighted by molar-refractivity contribution is 6.01. The van der Waals surface area contributed by atoms with Crippen LogP contribution in [0.2, 0.25) is 0 Å². The van der Waals surface area contributed by atoms with E-state index in [1.807, 2.05) is 60.7 Å². The number of urea groups is 2. The van der Waals surface area contributed by atoms with Gasteiger partial charge in [0.05, 0.1) is 11.4 Å². The topological polar surface area (TPSA) is 135 Å². The minimum Gasteiger partial charge on any atom is -0.350 e. The van der Waals surface area contributed by atoms with Crippen LogP contribution in [0.3, 0.4) is 0 Å².